The van der Waals surface area contributed by atoms with Gasteiger partial charge in [-0.2, -0.15) is 0 Å². The zero-order valence-electron chi connectivity index (χ0n) is 13.8. The number of carbonyl (C=O) groups is 2. The van der Waals surface area contributed by atoms with Crippen molar-refractivity contribution in [3.8, 4) is 5.75 Å². The van der Waals surface area contributed by atoms with E-state index in [1.807, 2.05) is 6.92 Å². The first-order valence-electron chi connectivity index (χ1n) is 8.44. The highest BCUT2D eigenvalue weighted by molar-refractivity contribution is 6.22. The maximum absolute atomic E-state index is 12.8. The summed E-state index contributed by atoms with van der Waals surface area (Å²) in [6, 6.07) is 6.87. The number of ether oxygens (including phenoxy) is 1. The number of likely N-dealkylation sites (tertiary alicyclic amines) is 1. The number of piperidine rings is 1. The molecular formula is C18H24N2O3. The lowest BCUT2D eigenvalue weighted by Gasteiger charge is -2.34. The Hall–Kier alpha value is -1.88. The zero-order chi connectivity index (χ0) is 16.4. The van der Waals surface area contributed by atoms with Crippen molar-refractivity contribution in [2.75, 3.05) is 24.6 Å². The number of imide groups is 1. The molecule has 1 aromatic rings. The largest absolute Gasteiger partial charge is 0.494 e. The summed E-state index contributed by atoms with van der Waals surface area (Å²) in [5.41, 5.74) is 0.635. The number of rotatable bonds is 4. The van der Waals surface area contributed by atoms with E-state index in [-0.39, 0.29) is 17.9 Å². The van der Waals surface area contributed by atoms with Crippen molar-refractivity contribution in [3.05, 3.63) is 24.3 Å². The maximum Gasteiger partial charge on any atom is 0.251 e. The molecule has 2 amide bonds. The summed E-state index contributed by atoms with van der Waals surface area (Å²) < 4.78 is 5.41. The molecule has 0 bridgehead atoms. The summed E-state index contributed by atoms with van der Waals surface area (Å²) in [6.07, 6.45) is 2.59. The molecule has 2 saturated heterocycles. The minimum Gasteiger partial charge on any atom is -0.494 e. The Labute approximate surface area is 137 Å². The number of benzene rings is 1. The van der Waals surface area contributed by atoms with E-state index in [0.717, 1.165) is 25.3 Å². The average Bonchev–Trinajstić information content (AvgIpc) is 2.83. The van der Waals surface area contributed by atoms with Gasteiger partial charge >= 0.3 is 0 Å². The van der Waals surface area contributed by atoms with Crippen molar-refractivity contribution in [2.24, 2.45) is 5.92 Å². The van der Waals surface area contributed by atoms with Crippen LogP contribution < -0.4 is 9.64 Å². The van der Waals surface area contributed by atoms with Crippen molar-refractivity contribution in [1.29, 1.82) is 0 Å². The van der Waals surface area contributed by atoms with Gasteiger partial charge < -0.3 is 4.74 Å². The van der Waals surface area contributed by atoms with Crippen LogP contribution >= 0.6 is 0 Å². The molecule has 0 aromatic heterocycles. The van der Waals surface area contributed by atoms with Crippen LogP contribution in [0, 0.1) is 5.92 Å². The molecule has 2 fully saturated rings. The van der Waals surface area contributed by atoms with Gasteiger partial charge in [0.05, 0.1) is 24.8 Å². The Bertz CT molecular complexity index is 584. The molecule has 23 heavy (non-hydrogen) atoms. The van der Waals surface area contributed by atoms with Crippen LogP contribution in [0.3, 0.4) is 0 Å². The molecule has 5 heteroatoms. The fourth-order valence-corrected chi connectivity index (χ4v) is 3.54. The van der Waals surface area contributed by atoms with Gasteiger partial charge in [-0.1, -0.05) is 6.92 Å². The minimum absolute atomic E-state index is 0.0896. The Morgan fingerprint density at radius 3 is 2.61 bits per heavy atom. The standard InChI is InChI=1S/C18H24N2O3/c1-3-23-15-8-6-14(7-9-15)20-17(21)11-16(18(20)22)19-10-4-5-13(2)12-19/h6-9,13,16H,3-5,10-12H2,1-2H3/t13-,16-/m1/s1. The van der Waals surface area contributed by atoms with E-state index in [1.165, 1.54) is 11.3 Å². The molecule has 3 rings (SSSR count). The van der Waals surface area contributed by atoms with Crippen molar-refractivity contribution in [1.82, 2.24) is 4.90 Å². The molecule has 0 N–H and O–H groups in total. The molecule has 2 aliphatic heterocycles. The van der Waals surface area contributed by atoms with Crippen LogP contribution in [0.5, 0.6) is 5.75 Å². The van der Waals surface area contributed by atoms with Gasteiger partial charge in [0.1, 0.15) is 5.75 Å². The molecule has 2 aliphatic rings. The summed E-state index contributed by atoms with van der Waals surface area (Å²) in [4.78, 5) is 28.7. The lowest BCUT2D eigenvalue weighted by atomic mass is 9.98. The van der Waals surface area contributed by atoms with Gasteiger partial charge in [-0.05, 0) is 56.5 Å². The Kier molecular flexibility index (Phi) is 4.66. The average molecular weight is 316 g/mol. The van der Waals surface area contributed by atoms with E-state index in [0.29, 0.717) is 24.6 Å². The summed E-state index contributed by atoms with van der Waals surface area (Å²) in [7, 11) is 0. The molecule has 0 unspecified atom stereocenters. The monoisotopic (exact) mass is 316 g/mol. The quantitative estimate of drug-likeness (QED) is 0.801. The van der Waals surface area contributed by atoms with Crippen LogP contribution in [-0.4, -0.2) is 42.5 Å². The van der Waals surface area contributed by atoms with Crippen molar-refractivity contribution in [3.63, 3.8) is 0 Å². The fourth-order valence-electron chi connectivity index (χ4n) is 3.54. The normalized spacial score (nSPS) is 25.9. The van der Waals surface area contributed by atoms with Crippen LogP contribution in [0.1, 0.15) is 33.1 Å². The number of anilines is 1. The molecule has 0 radical (unpaired) electrons. The van der Waals surface area contributed by atoms with E-state index in [2.05, 4.69) is 11.8 Å². The predicted molar refractivity (Wildman–Crippen MR) is 88.5 cm³/mol. The molecule has 2 atom stereocenters. The second-order valence-corrected chi connectivity index (χ2v) is 6.46. The van der Waals surface area contributed by atoms with E-state index >= 15 is 0 Å². The van der Waals surface area contributed by atoms with Gasteiger partial charge in [0.15, 0.2) is 0 Å². The Balaban J connectivity index is 1.75. The molecule has 0 aliphatic carbocycles. The van der Waals surface area contributed by atoms with E-state index < -0.39 is 0 Å². The number of carbonyl (C=O) groups excluding carboxylic acids is 2. The van der Waals surface area contributed by atoms with Crippen molar-refractivity contribution < 1.29 is 14.3 Å². The van der Waals surface area contributed by atoms with Gasteiger partial charge in [-0.25, -0.2) is 4.90 Å². The molecule has 5 nitrogen and oxygen atoms in total. The molecule has 1 aromatic carbocycles. The van der Waals surface area contributed by atoms with E-state index in [1.54, 1.807) is 24.3 Å². The smallest absolute Gasteiger partial charge is 0.251 e. The first-order chi connectivity index (χ1) is 11.1. The third-order valence-electron chi connectivity index (χ3n) is 4.66. The second kappa shape index (κ2) is 6.71. The van der Waals surface area contributed by atoms with Crippen molar-refractivity contribution >= 4 is 17.5 Å². The first kappa shape index (κ1) is 16.0. The van der Waals surface area contributed by atoms with Gasteiger partial charge in [-0.15, -0.1) is 0 Å². The highest BCUT2D eigenvalue weighted by atomic mass is 16.5. The molecular weight excluding hydrogens is 292 g/mol. The van der Waals surface area contributed by atoms with Gasteiger partial charge in [0, 0.05) is 6.54 Å². The number of hydrogen-bond acceptors (Lipinski definition) is 4. The maximum atomic E-state index is 12.8. The number of amides is 2. The highest BCUT2D eigenvalue weighted by Gasteiger charge is 2.43. The molecule has 0 saturated carbocycles. The Morgan fingerprint density at radius 1 is 1.22 bits per heavy atom. The van der Waals surface area contributed by atoms with Crippen LogP contribution in [0.4, 0.5) is 5.69 Å². The SMILES string of the molecule is CCOc1ccc(N2C(=O)C[C@@H](N3CCC[C@@H](C)C3)C2=O)cc1. The third kappa shape index (κ3) is 3.24. The minimum atomic E-state index is -0.295. The van der Waals surface area contributed by atoms with E-state index in [9.17, 15) is 9.59 Å². The summed E-state index contributed by atoms with van der Waals surface area (Å²) >= 11 is 0. The molecule has 124 valence electrons. The topological polar surface area (TPSA) is 49.9 Å². The van der Waals surface area contributed by atoms with E-state index in [4.69, 9.17) is 4.74 Å². The van der Waals surface area contributed by atoms with Crippen LogP contribution in [0.15, 0.2) is 24.3 Å². The summed E-state index contributed by atoms with van der Waals surface area (Å²) in [5, 5.41) is 0. The predicted octanol–water partition coefficient (Wildman–Crippen LogP) is 2.45. The lowest BCUT2D eigenvalue weighted by molar-refractivity contribution is -0.123. The van der Waals surface area contributed by atoms with Crippen LogP contribution in [0.25, 0.3) is 0 Å². The highest BCUT2D eigenvalue weighted by Crippen LogP contribution is 2.29. The Morgan fingerprint density at radius 2 is 1.96 bits per heavy atom. The van der Waals surface area contributed by atoms with Gasteiger partial charge in [0.2, 0.25) is 5.91 Å². The second-order valence-electron chi connectivity index (χ2n) is 6.46. The van der Waals surface area contributed by atoms with Crippen LogP contribution in [0.2, 0.25) is 0 Å². The number of hydrogen-bond donors (Lipinski definition) is 0. The summed E-state index contributed by atoms with van der Waals surface area (Å²) in [5.74, 6) is 1.14. The first-order valence-corrected chi connectivity index (χ1v) is 8.44. The fraction of sp³-hybridized carbons (Fsp3) is 0.556. The van der Waals surface area contributed by atoms with Gasteiger partial charge in [0.25, 0.3) is 5.91 Å². The summed E-state index contributed by atoms with van der Waals surface area (Å²) in [6.45, 7) is 6.53. The van der Waals surface area contributed by atoms with Gasteiger partial charge in [-0.3, -0.25) is 14.5 Å². The van der Waals surface area contributed by atoms with Crippen molar-refractivity contribution in [2.45, 2.75) is 39.2 Å². The number of nitrogens with zero attached hydrogens (tertiary/aromatic N) is 2. The zero-order valence-corrected chi connectivity index (χ0v) is 13.8. The molecule has 2 heterocycles. The molecule has 0 spiro atoms. The third-order valence-corrected chi connectivity index (χ3v) is 4.66. The van der Waals surface area contributed by atoms with Crippen LogP contribution in [-0.2, 0) is 9.59 Å². The lowest BCUT2D eigenvalue weighted by Crippen LogP contribution is -2.46.